The molecule has 3 amide bonds. The first-order valence-electron chi connectivity index (χ1n) is 8.16. The largest absolute Gasteiger partial charge is 0.333 e. The van der Waals surface area contributed by atoms with Gasteiger partial charge in [0.05, 0.1) is 6.04 Å². The van der Waals surface area contributed by atoms with Crippen LogP contribution < -0.4 is 10.2 Å². The second-order valence-electron chi connectivity index (χ2n) is 5.82. The minimum atomic E-state index is -0.375. The van der Waals surface area contributed by atoms with Crippen molar-refractivity contribution >= 4 is 17.6 Å². The van der Waals surface area contributed by atoms with Gasteiger partial charge >= 0.3 is 6.03 Å². The minimum Gasteiger partial charge on any atom is -0.333 e. The molecule has 1 aromatic rings. The third-order valence-electron chi connectivity index (χ3n) is 3.85. The second-order valence-corrected chi connectivity index (χ2v) is 5.82. The van der Waals surface area contributed by atoms with Gasteiger partial charge in [0.1, 0.15) is 5.82 Å². The van der Waals surface area contributed by atoms with Crippen LogP contribution in [0.2, 0.25) is 0 Å². The summed E-state index contributed by atoms with van der Waals surface area (Å²) in [6.45, 7) is 5.84. The van der Waals surface area contributed by atoms with Crippen molar-refractivity contribution in [1.82, 2.24) is 10.2 Å². The Kier molecular flexibility index (Phi) is 5.96. The van der Waals surface area contributed by atoms with E-state index in [-0.39, 0.29) is 30.2 Å². The Morgan fingerprint density at radius 2 is 2.04 bits per heavy atom. The highest BCUT2D eigenvalue weighted by Gasteiger charge is 2.32. The lowest BCUT2D eigenvalue weighted by Gasteiger charge is -2.24. The van der Waals surface area contributed by atoms with Crippen LogP contribution in [0.25, 0.3) is 0 Å². The molecular weight excluding hydrogens is 297 g/mol. The zero-order chi connectivity index (χ0) is 16.8. The molecular formula is C17H24FN3O2. The highest BCUT2D eigenvalue weighted by Crippen LogP contribution is 2.22. The quantitative estimate of drug-likeness (QED) is 0.876. The summed E-state index contributed by atoms with van der Waals surface area (Å²) in [5.74, 6) is -0.474. The molecule has 1 saturated heterocycles. The molecule has 0 spiro atoms. The predicted molar refractivity (Wildman–Crippen MR) is 87.8 cm³/mol. The normalized spacial score (nSPS) is 17.4. The number of rotatable bonds is 6. The molecule has 1 N–H and O–H groups in total. The number of anilines is 1. The van der Waals surface area contributed by atoms with E-state index in [4.69, 9.17) is 0 Å². The predicted octanol–water partition coefficient (Wildman–Crippen LogP) is 2.76. The number of carbonyl (C=O) groups is 2. The van der Waals surface area contributed by atoms with E-state index in [0.29, 0.717) is 25.3 Å². The maximum Gasteiger partial charge on any atom is 0.317 e. The minimum absolute atomic E-state index is 0.0987. The number of carbonyl (C=O) groups excluding carboxylic acids is 2. The molecule has 1 aliphatic rings. The fraction of sp³-hybridized carbons (Fsp3) is 0.529. The van der Waals surface area contributed by atoms with E-state index in [2.05, 4.69) is 5.32 Å². The highest BCUT2D eigenvalue weighted by molar-refractivity contribution is 5.96. The van der Waals surface area contributed by atoms with Crippen molar-refractivity contribution in [3.8, 4) is 0 Å². The SMILES string of the molecule is CCCN(CCC)C(=O)NC1CC(=O)N(c2cccc(F)c2)C1. The summed E-state index contributed by atoms with van der Waals surface area (Å²) in [5, 5.41) is 2.92. The van der Waals surface area contributed by atoms with Crippen molar-refractivity contribution in [3.05, 3.63) is 30.1 Å². The van der Waals surface area contributed by atoms with Crippen molar-refractivity contribution in [2.75, 3.05) is 24.5 Å². The van der Waals surface area contributed by atoms with Gasteiger partial charge in [-0.15, -0.1) is 0 Å². The molecule has 2 rings (SSSR count). The summed E-state index contributed by atoms with van der Waals surface area (Å²) in [6.07, 6.45) is 2.03. The molecule has 1 atom stereocenters. The first-order valence-corrected chi connectivity index (χ1v) is 8.16. The Hall–Kier alpha value is -2.11. The molecule has 6 heteroatoms. The summed E-state index contributed by atoms with van der Waals surface area (Å²) in [5.41, 5.74) is 0.533. The number of amides is 3. The van der Waals surface area contributed by atoms with Gasteiger partial charge in [-0.05, 0) is 31.0 Å². The highest BCUT2D eigenvalue weighted by atomic mass is 19.1. The number of hydrogen-bond donors (Lipinski definition) is 1. The van der Waals surface area contributed by atoms with Crippen LogP contribution in [0, 0.1) is 5.82 Å². The van der Waals surface area contributed by atoms with E-state index in [1.165, 1.54) is 17.0 Å². The lowest BCUT2D eigenvalue weighted by atomic mass is 10.2. The molecule has 1 aromatic carbocycles. The summed E-state index contributed by atoms with van der Waals surface area (Å²) in [7, 11) is 0. The average Bonchev–Trinajstić information content (AvgIpc) is 2.87. The van der Waals surface area contributed by atoms with Gasteiger partial charge in [-0.1, -0.05) is 19.9 Å². The maximum absolute atomic E-state index is 13.3. The molecule has 0 saturated carbocycles. The fourth-order valence-electron chi connectivity index (χ4n) is 2.82. The number of hydrogen-bond acceptors (Lipinski definition) is 2. The standard InChI is InChI=1S/C17H24FN3O2/c1-3-8-20(9-4-2)17(23)19-14-11-16(22)21(12-14)15-7-5-6-13(18)10-15/h5-7,10,14H,3-4,8-9,11-12H2,1-2H3,(H,19,23). The van der Waals surface area contributed by atoms with Crippen LogP contribution in [0.5, 0.6) is 0 Å². The van der Waals surface area contributed by atoms with Crippen molar-refractivity contribution in [2.24, 2.45) is 0 Å². The van der Waals surface area contributed by atoms with Crippen LogP contribution >= 0.6 is 0 Å². The van der Waals surface area contributed by atoms with Gasteiger partial charge in [-0.25, -0.2) is 9.18 Å². The van der Waals surface area contributed by atoms with Gasteiger partial charge in [0, 0.05) is 31.7 Å². The maximum atomic E-state index is 13.3. The van der Waals surface area contributed by atoms with E-state index in [1.807, 2.05) is 13.8 Å². The topological polar surface area (TPSA) is 52.7 Å². The first-order chi connectivity index (χ1) is 11.0. The molecule has 0 aliphatic carbocycles. The Balaban J connectivity index is 1.98. The molecule has 1 heterocycles. The number of nitrogens with one attached hydrogen (secondary N) is 1. The van der Waals surface area contributed by atoms with Crippen molar-refractivity contribution in [1.29, 1.82) is 0 Å². The van der Waals surface area contributed by atoms with Gasteiger partial charge in [0.2, 0.25) is 5.91 Å². The molecule has 0 aromatic heterocycles. The van der Waals surface area contributed by atoms with Gasteiger partial charge in [-0.3, -0.25) is 4.79 Å². The molecule has 0 radical (unpaired) electrons. The van der Waals surface area contributed by atoms with Crippen molar-refractivity contribution in [3.63, 3.8) is 0 Å². The lowest BCUT2D eigenvalue weighted by Crippen LogP contribution is -2.46. The van der Waals surface area contributed by atoms with Crippen LogP contribution in [-0.2, 0) is 4.79 Å². The Morgan fingerprint density at radius 1 is 1.35 bits per heavy atom. The third kappa shape index (κ3) is 4.43. The Morgan fingerprint density at radius 3 is 2.65 bits per heavy atom. The molecule has 0 bridgehead atoms. The number of halogens is 1. The average molecular weight is 321 g/mol. The molecule has 1 aliphatic heterocycles. The van der Waals surface area contributed by atoms with E-state index >= 15 is 0 Å². The molecule has 5 nitrogen and oxygen atoms in total. The first kappa shape index (κ1) is 17.2. The summed E-state index contributed by atoms with van der Waals surface area (Å²) >= 11 is 0. The molecule has 1 fully saturated rings. The fourth-order valence-corrected chi connectivity index (χ4v) is 2.82. The van der Waals surface area contributed by atoms with Crippen LogP contribution in [-0.4, -0.2) is 42.5 Å². The van der Waals surface area contributed by atoms with Crippen LogP contribution in [0.1, 0.15) is 33.1 Å². The van der Waals surface area contributed by atoms with Gasteiger partial charge in [0.15, 0.2) is 0 Å². The number of urea groups is 1. The lowest BCUT2D eigenvalue weighted by molar-refractivity contribution is -0.117. The molecule has 23 heavy (non-hydrogen) atoms. The molecule has 1 unspecified atom stereocenters. The van der Waals surface area contributed by atoms with Crippen LogP contribution in [0.15, 0.2) is 24.3 Å². The van der Waals surface area contributed by atoms with Crippen molar-refractivity contribution < 1.29 is 14.0 Å². The van der Waals surface area contributed by atoms with Crippen LogP contribution in [0.4, 0.5) is 14.9 Å². The number of benzene rings is 1. The van der Waals surface area contributed by atoms with E-state index in [0.717, 1.165) is 12.8 Å². The van der Waals surface area contributed by atoms with Gasteiger partial charge in [0.25, 0.3) is 0 Å². The summed E-state index contributed by atoms with van der Waals surface area (Å²) in [6, 6.07) is 5.58. The van der Waals surface area contributed by atoms with Gasteiger partial charge < -0.3 is 15.1 Å². The van der Waals surface area contributed by atoms with Gasteiger partial charge in [-0.2, -0.15) is 0 Å². The van der Waals surface area contributed by atoms with E-state index in [1.54, 1.807) is 17.0 Å². The van der Waals surface area contributed by atoms with Crippen LogP contribution in [0.3, 0.4) is 0 Å². The third-order valence-corrected chi connectivity index (χ3v) is 3.85. The van der Waals surface area contributed by atoms with E-state index < -0.39 is 0 Å². The number of nitrogens with zero attached hydrogens (tertiary/aromatic N) is 2. The molecule has 126 valence electrons. The van der Waals surface area contributed by atoms with E-state index in [9.17, 15) is 14.0 Å². The Bertz CT molecular complexity index is 559. The summed E-state index contributed by atoms with van der Waals surface area (Å²) < 4.78 is 13.3. The van der Waals surface area contributed by atoms with Crippen molar-refractivity contribution in [2.45, 2.75) is 39.2 Å². The summed E-state index contributed by atoms with van der Waals surface area (Å²) in [4.78, 5) is 27.7. The Labute approximate surface area is 136 Å². The zero-order valence-electron chi connectivity index (χ0n) is 13.7. The second kappa shape index (κ2) is 7.94. The monoisotopic (exact) mass is 321 g/mol. The smallest absolute Gasteiger partial charge is 0.317 e. The zero-order valence-corrected chi connectivity index (χ0v) is 13.7.